The second-order valence-corrected chi connectivity index (χ2v) is 6.90. The van der Waals surface area contributed by atoms with Crippen LogP contribution in [0.2, 0.25) is 0 Å². The first kappa shape index (κ1) is 17.1. The van der Waals surface area contributed by atoms with Gasteiger partial charge in [0, 0.05) is 24.2 Å². The summed E-state index contributed by atoms with van der Waals surface area (Å²) in [5, 5.41) is 2.96. The number of methoxy groups -OCH3 is 2. The first-order valence-electron chi connectivity index (χ1n) is 8.31. The van der Waals surface area contributed by atoms with Gasteiger partial charge < -0.3 is 19.7 Å². The minimum absolute atomic E-state index is 0.0975. The fourth-order valence-electron chi connectivity index (χ4n) is 3.37. The summed E-state index contributed by atoms with van der Waals surface area (Å²) >= 11 is 0. The van der Waals surface area contributed by atoms with Gasteiger partial charge >= 0.3 is 6.03 Å². The van der Waals surface area contributed by atoms with E-state index in [0.29, 0.717) is 18.8 Å². The van der Waals surface area contributed by atoms with Crippen LogP contribution in [-0.2, 0) is 12.0 Å². The van der Waals surface area contributed by atoms with Crippen LogP contribution in [0.1, 0.15) is 25.0 Å². The second kappa shape index (κ2) is 6.67. The molecule has 0 saturated heterocycles. The topological polar surface area (TPSA) is 50.8 Å². The Hall–Kier alpha value is -2.69. The highest BCUT2D eigenvalue weighted by Gasteiger charge is 2.35. The molecule has 2 aromatic carbocycles. The third kappa shape index (κ3) is 3.40. The summed E-state index contributed by atoms with van der Waals surface area (Å²) in [6.07, 6.45) is 0. The van der Waals surface area contributed by atoms with Crippen LogP contribution in [0.5, 0.6) is 11.5 Å². The molecule has 1 N–H and O–H groups in total. The summed E-state index contributed by atoms with van der Waals surface area (Å²) in [6.45, 7) is 5.45. The molecule has 5 nitrogen and oxygen atoms in total. The Morgan fingerprint density at radius 3 is 2.36 bits per heavy atom. The quantitative estimate of drug-likeness (QED) is 0.918. The van der Waals surface area contributed by atoms with Gasteiger partial charge in [0.25, 0.3) is 0 Å². The van der Waals surface area contributed by atoms with Crippen LogP contribution in [0.4, 0.5) is 10.5 Å². The van der Waals surface area contributed by atoms with E-state index in [1.165, 1.54) is 5.56 Å². The summed E-state index contributed by atoms with van der Waals surface area (Å²) in [5.41, 5.74) is 2.88. The van der Waals surface area contributed by atoms with Gasteiger partial charge in [0.05, 0.1) is 14.2 Å². The van der Waals surface area contributed by atoms with Gasteiger partial charge in [-0.25, -0.2) is 4.79 Å². The van der Waals surface area contributed by atoms with E-state index in [1.807, 2.05) is 47.4 Å². The third-order valence-electron chi connectivity index (χ3n) is 4.60. The van der Waals surface area contributed by atoms with Crippen molar-refractivity contribution in [3.63, 3.8) is 0 Å². The average molecular weight is 340 g/mol. The number of para-hydroxylation sites is 1. The molecule has 0 fully saturated rings. The van der Waals surface area contributed by atoms with Crippen molar-refractivity contribution < 1.29 is 14.3 Å². The largest absolute Gasteiger partial charge is 0.493 e. The number of anilines is 1. The number of amides is 2. The number of hydrogen-bond donors (Lipinski definition) is 1. The van der Waals surface area contributed by atoms with Crippen LogP contribution in [-0.4, -0.2) is 31.7 Å². The van der Waals surface area contributed by atoms with E-state index in [1.54, 1.807) is 14.2 Å². The SMILES string of the molecule is COc1cc2c(cc1OC)C(C)(C)CN(C(=O)Nc1ccccc1)C2. The van der Waals surface area contributed by atoms with Crippen LogP contribution in [0.25, 0.3) is 0 Å². The lowest BCUT2D eigenvalue weighted by Gasteiger charge is -2.40. The van der Waals surface area contributed by atoms with E-state index in [2.05, 4.69) is 19.2 Å². The Kier molecular flexibility index (Phi) is 4.57. The minimum Gasteiger partial charge on any atom is -0.493 e. The zero-order chi connectivity index (χ0) is 18.0. The Morgan fingerprint density at radius 1 is 1.08 bits per heavy atom. The number of nitrogens with one attached hydrogen (secondary N) is 1. The highest BCUT2D eigenvalue weighted by molar-refractivity contribution is 5.89. The van der Waals surface area contributed by atoms with Crippen LogP contribution in [0, 0.1) is 0 Å². The molecule has 3 rings (SSSR count). The van der Waals surface area contributed by atoms with Crippen molar-refractivity contribution >= 4 is 11.7 Å². The van der Waals surface area contributed by atoms with E-state index in [-0.39, 0.29) is 11.4 Å². The predicted molar refractivity (Wildman–Crippen MR) is 98.4 cm³/mol. The van der Waals surface area contributed by atoms with Crippen LogP contribution < -0.4 is 14.8 Å². The molecule has 1 aliphatic rings. The van der Waals surface area contributed by atoms with Gasteiger partial charge in [0.1, 0.15) is 0 Å². The van der Waals surface area contributed by atoms with E-state index in [0.717, 1.165) is 17.0 Å². The molecule has 0 aromatic heterocycles. The number of hydrogen-bond acceptors (Lipinski definition) is 3. The summed E-state index contributed by atoms with van der Waals surface area (Å²) < 4.78 is 10.8. The maximum Gasteiger partial charge on any atom is 0.322 e. The number of benzene rings is 2. The molecule has 0 saturated carbocycles. The third-order valence-corrected chi connectivity index (χ3v) is 4.60. The molecule has 2 aromatic rings. The number of ether oxygens (including phenoxy) is 2. The van der Waals surface area contributed by atoms with Crippen molar-refractivity contribution in [1.29, 1.82) is 0 Å². The molecular formula is C20H24N2O3. The summed E-state index contributed by atoms with van der Waals surface area (Å²) in [7, 11) is 3.26. The molecule has 1 heterocycles. The Bertz CT molecular complexity index is 772. The number of carbonyl (C=O) groups is 1. The number of urea groups is 1. The van der Waals surface area contributed by atoms with Crippen molar-refractivity contribution in [2.24, 2.45) is 0 Å². The van der Waals surface area contributed by atoms with Crippen molar-refractivity contribution in [2.45, 2.75) is 25.8 Å². The van der Waals surface area contributed by atoms with Crippen molar-refractivity contribution in [2.75, 3.05) is 26.1 Å². The van der Waals surface area contributed by atoms with Gasteiger partial charge in [0.15, 0.2) is 11.5 Å². The van der Waals surface area contributed by atoms with Crippen molar-refractivity contribution in [3.05, 3.63) is 53.6 Å². The molecule has 0 atom stereocenters. The highest BCUT2D eigenvalue weighted by Crippen LogP contribution is 2.40. The first-order valence-corrected chi connectivity index (χ1v) is 8.31. The van der Waals surface area contributed by atoms with E-state index in [4.69, 9.17) is 9.47 Å². The van der Waals surface area contributed by atoms with Gasteiger partial charge in [-0.1, -0.05) is 32.0 Å². The van der Waals surface area contributed by atoms with Crippen molar-refractivity contribution in [3.8, 4) is 11.5 Å². The molecular weight excluding hydrogens is 316 g/mol. The van der Waals surface area contributed by atoms with Crippen molar-refractivity contribution in [1.82, 2.24) is 4.90 Å². The molecule has 0 radical (unpaired) electrons. The molecule has 0 aliphatic carbocycles. The fraction of sp³-hybridized carbons (Fsp3) is 0.350. The van der Waals surface area contributed by atoms with E-state index >= 15 is 0 Å². The predicted octanol–water partition coefficient (Wildman–Crippen LogP) is 4.03. The standard InChI is InChI=1S/C20H24N2O3/c1-20(2)13-22(19(23)21-15-8-6-5-7-9-15)12-14-10-17(24-3)18(25-4)11-16(14)20/h5-11H,12-13H2,1-4H3,(H,21,23). The zero-order valence-corrected chi connectivity index (χ0v) is 15.1. The molecule has 1 aliphatic heterocycles. The van der Waals surface area contributed by atoms with Gasteiger partial charge in [-0.2, -0.15) is 0 Å². The van der Waals surface area contributed by atoms with Gasteiger partial charge in [0.2, 0.25) is 0 Å². The normalized spacial score (nSPS) is 15.3. The van der Waals surface area contributed by atoms with Crippen LogP contribution in [0.3, 0.4) is 0 Å². The first-order chi connectivity index (χ1) is 11.9. The van der Waals surface area contributed by atoms with Gasteiger partial charge in [-0.05, 0) is 35.4 Å². The molecule has 0 bridgehead atoms. The number of nitrogens with zero attached hydrogens (tertiary/aromatic N) is 1. The summed E-state index contributed by atoms with van der Waals surface area (Å²) in [4.78, 5) is 14.5. The monoisotopic (exact) mass is 340 g/mol. The number of carbonyl (C=O) groups excluding carboxylic acids is 1. The zero-order valence-electron chi connectivity index (χ0n) is 15.1. The number of rotatable bonds is 3. The minimum atomic E-state index is -0.179. The molecule has 0 spiro atoms. The lowest BCUT2D eigenvalue weighted by Crippen LogP contribution is -2.46. The lowest BCUT2D eigenvalue weighted by atomic mass is 9.78. The molecule has 132 valence electrons. The Labute approximate surface area is 148 Å². The van der Waals surface area contributed by atoms with Gasteiger partial charge in [-0.3, -0.25) is 0 Å². The Morgan fingerprint density at radius 2 is 1.72 bits per heavy atom. The average Bonchev–Trinajstić information content (AvgIpc) is 2.60. The summed E-state index contributed by atoms with van der Waals surface area (Å²) in [6, 6.07) is 13.4. The lowest BCUT2D eigenvalue weighted by molar-refractivity contribution is 0.186. The number of fused-ring (bicyclic) bond motifs is 1. The van der Waals surface area contributed by atoms with E-state index in [9.17, 15) is 4.79 Å². The molecule has 5 heteroatoms. The maximum atomic E-state index is 12.7. The smallest absolute Gasteiger partial charge is 0.322 e. The maximum absolute atomic E-state index is 12.7. The van der Waals surface area contributed by atoms with Gasteiger partial charge in [-0.15, -0.1) is 0 Å². The molecule has 25 heavy (non-hydrogen) atoms. The second-order valence-electron chi connectivity index (χ2n) is 6.90. The van der Waals surface area contributed by atoms with E-state index < -0.39 is 0 Å². The summed E-state index contributed by atoms with van der Waals surface area (Å²) in [5.74, 6) is 1.40. The molecule has 0 unspecified atom stereocenters. The van der Waals surface area contributed by atoms with Crippen LogP contribution in [0.15, 0.2) is 42.5 Å². The highest BCUT2D eigenvalue weighted by atomic mass is 16.5. The Balaban J connectivity index is 1.89. The fourth-order valence-corrected chi connectivity index (χ4v) is 3.37. The molecule has 2 amide bonds. The van der Waals surface area contributed by atoms with Crippen LogP contribution >= 0.6 is 0 Å².